The van der Waals surface area contributed by atoms with E-state index in [0.717, 1.165) is 12.1 Å². The fourth-order valence-electron chi connectivity index (χ4n) is 3.03. The van der Waals surface area contributed by atoms with Gasteiger partial charge < -0.3 is 10.6 Å². The highest BCUT2D eigenvalue weighted by molar-refractivity contribution is 5.95. The van der Waals surface area contributed by atoms with E-state index in [1.165, 1.54) is 0 Å². The SMILES string of the molecule is Cc1cc(F)c(C(=O)N[C@@H]2CCC(=O)N[C@H]2c2cnn(C)c2)c(F)c1. The van der Waals surface area contributed by atoms with Gasteiger partial charge in [0.1, 0.15) is 17.2 Å². The molecule has 1 fully saturated rings. The van der Waals surface area contributed by atoms with Gasteiger partial charge in [0.2, 0.25) is 5.91 Å². The van der Waals surface area contributed by atoms with Crippen molar-refractivity contribution in [2.24, 2.45) is 7.05 Å². The van der Waals surface area contributed by atoms with E-state index in [-0.39, 0.29) is 12.3 Å². The van der Waals surface area contributed by atoms with E-state index in [9.17, 15) is 18.4 Å². The Bertz CT molecular complexity index is 811. The number of rotatable bonds is 3. The van der Waals surface area contributed by atoms with Crippen LogP contribution in [0.1, 0.15) is 40.4 Å². The van der Waals surface area contributed by atoms with Gasteiger partial charge in [-0.3, -0.25) is 14.3 Å². The number of benzene rings is 1. The lowest BCUT2D eigenvalue weighted by molar-refractivity contribution is -0.123. The van der Waals surface area contributed by atoms with Crippen molar-refractivity contribution < 1.29 is 18.4 Å². The molecule has 3 rings (SSSR count). The molecule has 0 bridgehead atoms. The first-order chi connectivity index (χ1) is 11.8. The van der Waals surface area contributed by atoms with E-state index in [4.69, 9.17) is 0 Å². The Hall–Kier alpha value is -2.77. The number of hydrogen-bond donors (Lipinski definition) is 2. The molecule has 2 amide bonds. The summed E-state index contributed by atoms with van der Waals surface area (Å²) in [5.74, 6) is -2.81. The van der Waals surface area contributed by atoms with Crippen LogP contribution in [-0.4, -0.2) is 27.6 Å². The third-order valence-corrected chi connectivity index (χ3v) is 4.22. The summed E-state index contributed by atoms with van der Waals surface area (Å²) in [6.07, 6.45) is 3.90. The molecule has 8 heteroatoms. The van der Waals surface area contributed by atoms with Crippen molar-refractivity contribution in [3.63, 3.8) is 0 Å². The second-order valence-electron chi connectivity index (χ2n) is 6.21. The maximum absolute atomic E-state index is 14.0. The lowest BCUT2D eigenvalue weighted by Gasteiger charge is -2.32. The second-order valence-corrected chi connectivity index (χ2v) is 6.21. The number of halogens is 2. The van der Waals surface area contributed by atoms with Crippen molar-refractivity contribution in [1.82, 2.24) is 20.4 Å². The standard InChI is InChI=1S/C17H18F2N4O2/c1-9-5-11(18)15(12(19)6-9)17(25)21-13-3-4-14(24)22-16(13)10-7-20-23(2)8-10/h5-8,13,16H,3-4H2,1-2H3,(H,21,25)(H,22,24)/t13-,16+/m1/s1. The van der Waals surface area contributed by atoms with Crippen LogP contribution in [0.3, 0.4) is 0 Å². The number of amides is 2. The van der Waals surface area contributed by atoms with Gasteiger partial charge >= 0.3 is 0 Å². The third-order valence-electron chi connectivity index (χ3n) is 4.22. The van der Waals surface area contributed by atoms with Crippen LogP contribution in [0, 0.1) is 18.6 Å². The smallest absolute Gasteiger partial charge is 0.257 e. The lowest BCUT2D eigenvalue weighted by atomic mass is 9.93. The maximum Gasteiger partial charge on any atom is 0.257 e. The number of piperidine rings is 1. The summed E-state index contributed by atoms with van der Waals surface area (Å²) in [6, 6.07) is 1.23. The molecular weight excluding hydrogens is 330 g/mol. The van der Waals surface area contributed by atoms with E-state index in [1.807, 2.05) is 0 Å². The molecule has 2 N–H and O–H groups in total. The van der Waals surface area contributed by atoms with Gasteiger partial charge in [0, 0.05) is 25.2 Å². The fraction of sp³-hybridized carbons (Fsp3) is 0.353. The molecule has 1 aliphatic heterocycles. The van der Waals surface area contributed by atoms with E-state index >= 15 is 0 Å². The van der Waals surface area contributed by atoms with Crippen LogP contribution in [0.2, 0.25) is 0 Å². The average molecular weight is 348 g/mol. The van der Waals surface area contributed by atoms with Crippen LogP contribution in [0.25, 0.3) is 0 Å². The average Bonchev–Trinajstić information content (AvgIpc) is 2.94. The molecule has 2 heterocycles. The van der Waals surface area contributed by atoms with Crippen LogP contribution in [0.4, 0.5) is 8.78 Å². The monoisotopic (exact) mass is 348 g/mol. The second kappa shape index (κ2) is 6.62. The molecule has 6 nitrogen and oxygen atoms in total. The highest BCUT2D eigenvalue weighted by Crippen LogP contribution is 2.25. The van der Waals surface area contributed by atoms with E-state index in [2.05, 4.69) is 15.7 Å². The van der Waals surface area contributed by atoms with Gasteiger partial charge in [0.25, 0.3) is 5.91 Å². The van der Waals surface area contributed by atoms with Crippen molar-refractivity contribution in [2.75, 3.05) is 0 Å². The molecule has 1 aliphatic rings. The fourth-order valence-corrected chi connectivity index (χ4v) is 3.03. The number of hydrogen-bond acceptors (Lipinski definition) is 3. The molecule has 0 saturated carbocycles. The first-order valence-electron chi connectivity index (χ1n) is 7.89. The number of carbonyl (C=O) groups excluding carboxylic acids is 2. The van der Waals surface area contributed by atoms with Gasteiger partial charge in [-0.25, -0.2) is 8.78 Å². The van der Waals surface area contributed by atoms with Crippen molar-refractivity contribution >= 4 is 11.8 Å². The Kier molecular flexibility index (Phi) is 4.52. The zero-order valence-electron chi connectivity index (χ0n) is 13.8. The maximum atomic E-state index is 14.0. The molecule has 132 valence electrons. The third kappa shape index (κ3) is 3.52. The minimum Gasteiger partial charge on any atom is -0.347 e. The van der Waals surface area contributed by atoms with Gasteiger partial charge in [-0.2, -0.15) is 5.10 Å². The Labute approximate surface area is 143 Å². The summed E-state index contributed by atoms with van der Waals surface area (Å²) < 4.78 is 29.6. The first kappa shape index (κ1) is 17.1. The highest BCUT2D eigenvalue weighted by atomic mass is 19.1. The molecule has 1 aromatic heterocycles. The molecule has 2 aromatic rings. The lowest BCUT2D eigenvalue weighted by Crippen LogP contribution is -2.50. The predicted octanol–water partition coefficient (Wildman–Crippen LogP) is 1.76. The van der Waals surface area contributed by atoms with Crippen LogP contribution in [0.5, 0.6) is 0 Å². The Morgan fingerprint density at radius 3 is 2.64 bits per heavy atom. The van der Waals surface area contributed by atoms with Gasteiger partial charge in [-0.05, 0) is 31.0 Å². The summed E-state index contributed by atoms with van der Waals surface area (Å²) in [4.78, 5) is 24.1. The molecule has 0 radical (unpaired) electrons. The summed E-state index contributed by atoms with van der Waals surface area (Å²) in [5.41, 5.74) is 0.489. The van der Waals surface area contributed by atoms with Gasteiger partial charge in [-0.1, -0.05) is 0 Å². The summed E-state index contributed by atoms with van der Waals surface area (Å²) >= 11 is 0. The molecule has 0 spiro atoms. The van der Waals surface area contributed by atoms with Crippen LogP contribution in [-0.2, 0) is 11.8 Å². The van der Waals surface area contributed by atoms with Crippen molar-refractivity contribution in [3.8, 4) is 0 Å². The quantitative estimate of drug-likeness (QED) is 0.887. The molecule has 1 saturated heterocycles. The zero-order valence-corrected chi connectivity index (χ0v) is 13.8. The zero-order chi connectivity index (χ0) is 18.1. The Balaban J connectivity index is 1.85. The largest absolute Gasteiger partial charge is 0.347 e. The van der Waals surface area contributed by atoms with Crippen LogP contribution in [0.15, 0.2) is 24.5 Å². The van der Waals surface area contributed by atoms with Gasteiger partial charge in [0.05, 0.1) is 18.3 Å². The van der Waals surface area contributed by atoms with Crippen LogP contribution >= 0.6 is 0 Å². The van der Waals surface area contributed by atoms with E-state index in [0.29, 0.717) is 17.5 Å². The van der Waals surface area contributed by atoms with Gasteiger partial charge in [-0.15, -0.1) is 0 Å². The molecule has 0 aliphatic carbocycles. The molecule has 2 atom stereocenters. The van der Waals surface area contributed by atoms with Crippen molar-refractivity contribution in [2.45, 2.75) is 31.8 Å². The molecule has 1 aromatic carbocycles. The number of nitrogens with one attached hydrogen (secondary N) is 2. The normalized spacial score (nSPS) is 20.2. The van der Waals surface area contributed by atoms with E-state index in [1.54, 1.807) is 31.0 Å². The number of nitrogens with zero attached hydrogens (tertiary/aromatic N) is 2. The topological polar surface area (TPSA) is 76.0 Å². The number of aryl methyl sites for hydroxylation is 2. The molecule has 0 unspecified atom stereocenters. The Morgan fingerprint density at radius 2 is 2.04 bits per heavy atom. The minimum atomic E-state index is -0.909. The Morgan fingerprint density at radius 1 is 1.36 bits per heavy atom. The summed E-state index contributed by atoms with van der Waals surface area (Å²) in [5, 5.41) is 9.50. The van der Waals surface area contributed by atoms with Crippen molar-refractivity contribution in [1.29, 1.82) is 0 Å². The first-order valence-corrected chi connectivity index (χ1v) is 7.89. The van der Waals surface area contributed by atoms with Crippen LogP contribution < -0.4 is 10.6 Å². The molecular formula is C17H18F2N4O2. The summed E-state index contributed by atoms with van der Waals surface area (Å²) in [7, 11) is 1.73. The molecule has 25 heavy (non-hydrogen) atoms. The van der Waals surface area contributed by atoms with Crippen molar-refractivity contribution in [3.05, 3.63) is 52.9 Å². The van der Waals surface area contributed by atoms with E-state index < -0.39 is 35.2 Å². The highest BCUT2D eigenvalue weighted by Gasteiger charge is 2.33. The predicted molar refractivity (Wildman–Crippen MR) is 85.7 cm³/mol. The summed E-state index contributed by atoms with van der Waals surface area (Å²) in [6.45, 7) is 1.54. The number of carbonyl (C=O) groups is 2. The minimum absolute atomic E-state index is 0.146. The number of aromatic nitrogens is 2. The van der Waals surface area contributed by atoms with Gasteiger partial charge in [0.15, 0.2) is 0 Å².